The molecule has 0 saturated carbocycles. The second-order valence-corrected chi connectivity index (χ2v) is 7.85. The fraction of sp³-hybridized carbons (Fsp3) is 0.300. The zero-order valence-corrected chi connectivity index (χ0v) is 16.3. The fourth-order valence-corrected chi connectivity index (χ4v) is 4.23. The maximum atomic E-state index is 12.5. The number of amides is 2. The molecule has 0 bridgehead atoms. The van der Waals surface area contributed by atoms with E-state index < -0.39 is 0 Å². The first-order chi connectivity index (χ1) is 13.5. The molecule has 7 nitrogen and oxygen atoms in total. The molecule has 0 atom stereocenters. The molecule has 28 heavy (non-hydrogen) atoms. The fourth-order valence-electron chi connectivity index (χ4n) is 3.30. The number of anilines is 1. The van der Waals surface area contributed by atoms with Crippen LogP contribution in [0.1, 0.15) is 30.2 Å². The lowest BCUT2D eigenvalue weighted by Gasteiger charge is -2.16. The molecule has 1 fully saturated rings. The number of hydrogen-bond donors (Lipinski definition) is 1. The van der Waals surface area contributed by atoms with Crippen LogP contribution < -0.4 is 15.9 Å². The molecule has 0 spiro atoms. The highest BCUT2D eigenvalue weighted by Crippen LogP contribution is 2.22. The molecule has 3 aromatic rings. The van der Waals surface area contributed by atoms with Crippen LogP contribution in [0, 0.1) is 0 Å². The van der Waals surface area contributed by atoms with Crippen molar-refractivity contribution >= 4 is 39.1 Å². The van der Waals surface area contributed by atoms with Crippen molar-refractivity contribution in [2.45, 2.75) is 32.6 Å². The Hall–Kier alpha value is -3.00. The highest BCUT2D eigenvalue weighted by molar-refractivity contribution is 7.18. The number of thiophene rings is 1. The van der Waals surface area contributed by atoms with Crippen molar-refractivity contribution in [2.75, 3.05) is 16.9 Å². The van der Waals surface area contributed by atoms with Gasteiger partial charge in [0, 0.05) is 23.5 Å². The van der Waals surface area contributed by atoms with Crippen LogP contribution in [0.25, 0.3) is 10.2 Å². The Morgan fingerprint density at radius 2 is 2.04 bits per heavy atom. The van der Waals surface area contributed by atoms with Gasteiger partial charge in [0.1, 0.15) is 11.2 Å². The Labute approximate surface area is 165 Å². The molecule has 1 aliphatic heterocycles. The van der Waals surface area contributed by atoms with Crippen molar-refractivity contribution in [1.82, 2.24) is 9.66 Å². The summed E-state index contributed by atoms with van der Waals surface area (Å²) in [7, 11) is 0. The summed E-state index contributed by atoms with van der Waals surface area (Å²) in [5, 5.41) is 0.518. The summed E-state index contributed by atoms with van der Waals surface area (Å²) < 4.78 is 1.13. The highest BCUT2D eigenvalue weighted by Gasteiger charge is 2.21. The average Bonchev–Trinajstić information content (AvgIpc) is 3.31. The van der Waals surface area contributed by atoms with Gasteiger partial charge in [-0.15, -0.1) is 11.3 Å². The van der Waals surface area contributed by atoms with Crippen LogP contribution >= 0.6 is 11.3 Å². The van der Waals surface area contributed by atoms with E-state index in [0.29, 0.717) is 16.6 Å². The molecule has 1 aromatic carbocycles. The van der Waals surface area contributed by atoms with E-state index in [4.69, 9.17) is 0 Å². The lowest BCUT2D eigenvalue weighted by atomic mass is 10.1. The van der Waals surface area contributed by atoms with Gasteiger partial charge >= 0.3 is 0 Å². The van der Waals surface area contributed by atoms with Gasteiger partial charge in [0.05, 0.1) is 11.8 Å². The lowest BCUT2D eigenvalue weighted by molar-refractivity contribution is -0.117. The molecule has 8 heteroatoms. The second-order valence-electron chi connectivity index (χ2n) is 6.73. The van der Waals surface area contributed by atoms with E-state index in [1.165, 1.54) is 17.7 Å². The Kier molecular flexibility index (Phi) is 4.95. The molecule has 0 radical (unpaired) electrons. The highest BCUT2D eigenvalue weighted by atomic mass is 32.1. The summed E-state index contributed by atoms with van der Waals surface area (Å²) in [6.45, 7) is 2.76. The summed E-state index contributed by atoms with van der Waals surface area (Å²) in [5.41, 5.74) is 3.97. The van der Waals surface area contributed by atoms with Gasteiger partial charge in [0.2, 0.25) is 11.8 Å². The van der Waals surface area contributed by atoms with Gasteiger partial charge in [-0.3, -0.25) is 19.8 Å². The van der Waals surface area contributed by atoms with Crippen LogP contribution in [-0.2, 0) is 22.4 Å². The predicted octanol–water partition coefficient (Wildman–Crippen LogP) is 2.46. The van der Waals surface area contributed by atoms with Gasteiger partial charge in [-0.25, -0.2) is 9.66 Å². The molecule has 1 saturated heterocycles. The Bertz CT molecular complexity index is 1100. The molecule has 1 aliphatic rings. The van der Waals surface area contributed by atoms with Crippen molar-refractivity contribution in [3.05, 3.63) is 57.5 Å². The predicted molar refractivity (Wildman–Crippen MR) is 109 cm³/mol. The molecule has 4 rings (SSSR count). The number of rotatable bonds is 5. The van der Waals surface area contributed by atoms with E-state index in [1.807, 2.05) is 37.3 Å². The maximum Gasteiger partial charge on any atom is 0.280 e. The third-order valence-corrected chi connectivity index (χ3v) is 5.97. The number of nitrogens with one attached hydrogen (secondary N) is 1. The van der Waals surface area contributed by atoms with Gasteiger partial charge in [0.15, 0.2) is 0 Å². The first kappa shape index (κ1) is 18.4. The zero-order valence-electron chi connectivity index (χ0n) is 15.5. The van der Waals surface area contributed by atoms with Crippen molar-refractivity contribution in [3.63, 3.8) is 0 Å². The minimum atomic E-state index is -0.306. The number of carbonyl (C=O) groups is 2. The van der Waals surface area contributed by atoms with Gasteiger partial charge < -0.3 is 4.90 Å². The quantitative estimate of drug-likeness (QED) is 0.718. The largest absolute Gasteiger partial charge is 0.312 e. The van der Waals surface area contributed by atoms with Gasteiger partial charge in [-0.1, -0.05) is 19.1 Å². The molecule has 2 aromatic heterocycles. The van der Waals surface area contributed by atoms with E-state index in [-0.39, 0.29) is 23.8 Å². The SMILES string of the molecule is CCc1cc2c(=O)n(NC(=O)Cc3ccc(N4CCCC4=O)cc3)cnc2s1. The number of benzene rings is 1. The van der Waals surface area contributed by atoms with Crippen molar-refractivity contribution in [2.24, 2.45) is 0 Å². The molecular formula is C20H20N4O3S. The first-order valence-electron chi connectivity index (χ1n) is 9.24. The van der Waals surface area contributed by atoms with Crippen LogP contribution in [0.5, 0.6) is 0 Å². The molecule has 144 valence electrons. The van der Waals surface area contributed by atoms with Crippen molar-refractivity contribution in [1.29, 1.82) is 0 Å². The monoisotopic (exact) mass is 396 g/mol. The number of aryl methyl sites for hydroxylation is 1. The lowest BCUT2D eigenvalue weighted by Crippen LogP contribution is -2.33. The smallest absolute Gasteiger partial charge is 0.280 e. The van der Waals surface area contributed by atoms with Crippen LogP contribution in [0.4, 0.5) is 5.69 Å². The average molecular weight is 396 g/mol. The number of aromatic nitrogens is 2. The number of carbonyl (C=O) groups excluding carboxylic acids is 2. The minimum absolute atomic E-state index is 0.128. The second kappa shape index (κ2) is 7.55. The van der Waals surface area contributed by atoms with E-state index >= 15 is 0 Å². The molecular weight excluding hydrogens is 376 g/mol. The number of fused-ring (bicyclic) bond motifs is 1. The van der Waals surface area contributed by atoms with Crippen LogP contribution in [0.15, 0.2) is 41.5 Å². The third-order valence-electron chi connectivity index (χ3n) is 4.78. The third kappa shape index (κ3) is 3.55. The van der Waals surface area contributed by atoms with Crippen LogP contribution in [0.3, 0.4) is 0 Å². The van der Waals surface area contributed by atoms with E-state index in [1.54, 1.807) is 4.90 Å². The van der Waals surface area contributed by atoms with E-state index in [2.05, 4.69) is 10.4 Å². The zero-order chi connectivity index (χ0) is 19.7. The number of hydrogen-bond acceptors (Lipinski definition) is 5. The summed E-state index contributed by atoms with van der Waals surface area (Å²) in [6.07, 6.45) is 3.77. The molecule has 0 aliphatic carbocycles. The number of nitrogens with zero attached hydrogens (tertiary/aromatic N) is 3. The molecule has 0 unspecified atom stereocenters. The van der Waals surface area contributed by atoms with E-state index in [9.17, 15) is 14.4 Å². The summed E-state index contributed by atoms with van der Waals surface area (Å²) in [5.74, 6) is -0.174. The van der Waals surface area contributed by atoms with Crippen molar-refractivity contribution in [3.8, 4) is 0 Å². The summed E-state index contributed by atoms with van der Waals surface area (Å²) in [4.78, 5) is 44.5. The van der Waals surface area contributed by atoms with Crippen LogP contribution in [0.2, 0.25) is 0 Å². The standard InChI is InChI=1S/C20H20N4O3S/c1-2-15-11-16-19(28-15)21-12-24(20(16)27)22-17(25)10-13-5-7-14(8-6-13)23-9-3-4-18(23)26/h5-8,11-12H,2-4,9-10H2,1H3,(H,22,25). The molecule has 1 N–H and O–H groups in total. The maximum absolute atomic E-state index is 12.5. The van der Waals surface area contributed by atoms with Gasteiger partial charge in [0.25, 0.3) is 5.56 Å². The Balaban J connectivity index is 1.45. The summed E-state index contributed by atoms with van der Waals surface area (Å²) >= 11 is 1.49. The molecule has 2 amide bonds. The van der Waals surface area contributed by atoms with Crippen LogP contribution in [-0.4, -0.2) is 28.0 Å². The first-order valence-corrected chi connectivity index (χ1v) is 10.1. The normalized spacial score (nSPS) is 14.0. The minimum Gasteiger partial charge on any atom is -0.312 e. The molecule has 3 heterocycles. The topological polar surface area (TPSA) is 84.3 Å². The summed E-state index contributed by atoms with van der Waals surface area (Å²) in [6, 6.07) is 9.19. The van der Waals surface area contributed by atoms with Crippen molar-refractivity contribution < 1.29 is 9.59 Å². The van der Waals surface area contributed by atoms with E-state index in [0.717, 1.165) is 40.2 Å². The van der Waals surface area contributed by atoms with Gasteiger partial charge in [-0.05, 0) is 36.6 Å². The van der Waals surface area contributed by atoms with Gasteiger partial charge in [-0.2, -0.15) is 0 Å². The Morgan fingerprint density at radius 3 is 2.71 bits per heavy atom. The Morgan fingerprint density at radius 1 is 1.25 bits per heavy atom.